The highest BCUT2D eigenvalue weighted by Gasteiger charge is 2.12. The lowest BCUT2D eigenvalue weighted by Crippen LogP contribution is -2.09. The maximum atomic E-state index is 10.5. The van der Waals surface area contributed by atoms with Crippen LogP contribution in [0.15, 0.2) is 18.2 Å². The van der Waals surface area contributed by atoms with E-state index >= 15 is 0 Å². The molecule has 1 aromatic rings. The van der Waals surface area contributed by atoms with Gasteiger partial charge in [-0.3, -0.25) is 10.1 Å². The average Bonchev–Trinajstić information content (AvgIpc) is 2.07. The van der Waals surface area contributed by atoms with Crippen molar-refractivity contribution in [2.75, 3.05) is 5.73 Å². The number of anilines is 1. The molecule has 1 atom stereocenters. The van der Waals surface area contributed by atoms with Crippen LogP contribution in [-0.2, 0) is 0 Å². The molecule has 76 valence electrons. The molecule has 0 fully saturated rings. The number of hydrogen-bond acceptors (Lipinski definition) is 5. The first kappa shape index (κ1) is 10.3. The molecule has 0 saturated carbocycles. The molecular formula is C8H10N2O4. The lowest BCUT2D eigenvalue weighted by molar-refractivity contribution is -0.384. The van der Waals surface area contributed by atoms with Gasteiger partial charge in [-0.05, 0) is 19.1 Å². The fourth-order valence-electron chi connectivity index (χ4n) is 0.952. The van der Waals surface area contributed by atoms with Crippen molar-refractivity contribution in [2.24, 2.45) is 0 Å². The van der Waals surface area contributed by atoms with Crippen LogP contribution in [0.5, 0.6) is 5.75 Å². The zero-order valence-electron chi connectivity index (χ0n) is 7.51. The van der Waals surface area contributed by atoms with Gasteiger partial charge in [-0.25, -0.2) is 0 Å². The van der Waals surface area contributed by atoms with Gasteiger partial charge in [-0.1, -0.05) is 0 Å². The van der Waals surface area contributed by atoms with Gasteiger partial charge < -0.3 is 15.6 Å². The minimum atomic E-state index is -1.02. The SMILES string of the molecule is CC(O)Oc1ccc(N)c([N+](=O)[O-])c1. The van der Waals surface area contributed by atoms with E-state index in [2.05, 4.69) is 0 Å². The number of nitrogens with two attached hydrogens (primary N) is 1. The molecule has 0 spiro atoms. The van der Waals surface area contributed by atoms with Crippen molar-refractivity contribution in [1.29, 1.82) is 0 Å². The van der Waals surface area contributed by atoms with Crippen molar-refractivity contribution < 1.29 is 14.8 Å². The predicted octanol–water partition coefficient (Wildman–Crippen LogP) is 0.894. The Bertz CT molecular complexity index is 351. The molecule has 0 bridgehead atoms. The standard InChI is InChI=1S/C8H10N2O4/c1-5(11)14-6-2-3-7(9)8(4-6)10(12)13/h2-5,11H,9H2,1H3. The largest absolute Gasteiger partial charge is 0.465 e. The van der Waals surface area contributed by atoms with Gasteiger partial charge in [0.2, 0.25) is 0 Å². The second kappa shape index (κ2) is 3.93. The van der Waals surface area contributed by atoms with Crippen LogP contribution in [-0.4, -0.2) is 16.3 Å². The Balaban J connectivity index is 3.00. The first-order valence-corrected chi connectivity index (χ1v) is 3.89. The summed E-state index contributed by atoms with van der Waals surface area (Å²) >= 11 is 0. The third-order valence-electron chi connectivity index (χ3n) is 1.51. The zero-order valence-corrected chi connectivity index (χ0v) is 7.51. The number of ether oxygens (including phenoxy) is 1. The number of rotatable bonds is 3. The number of nitrogen functional groups attached to an aromatic ring is 1. The third kappa shape index (κ3) is 2.33. The van der Waals surface area contributed by atoms with Gasteiger partial charge in [0, 0.05) is 0 Å². The molecule has 0 aliphatic heterocycles. The molecule has 6 heteroatoms. The number of benzene rings is 1. The molecule has 14 heavy (non-hydrogen) atoms. The van der Waals surface area contributed by atoms with Gasteiger partial charge in [0.1, 0.15) is 11.4 Å². The number of aliphatic hydroxyl groups is 1. The quantitative estimate of drug-likeness (QED) is 0.325. The summed E-state index contributed by atoms with van der Waals surface area (Å²) in [6.07, 6.45) is -1.02. The maximum absolute atomic E-state index is 10.5. The molecule has 0 saturated heterocycles. The Morgan fingerprint density at radius 1 is 1.64 bits per heavy atom. The molecule has 1 unspecified atom stereocenters. The van der Waals surface area contributed by atoms with Gasteiger partial charge in [0.15, 0.2) is 6.29 Å². The highest BCUT2D eigenvalue weighted by atomic mass is 16.6. The second-order valence-electron chi connectivity index (χ2n) is 2.69. The first-order chi connectivity index (χ1) is 6.50. The van der Waals surface area contributed by atoms with Crippen LogP contribution in [0.4, 0.5) is 11.4 Å². The predicted molar refractivity (Wildman–Crippen MR) is 49.8 cm³/mol. The van der Waals surface area contributed by atoms with Gasteiger partial charge in [0.25, 0.3) is 5.69 Å². The van der Waals surface area contributed by atoms with E-state index in [1.165, 1.54) is 25.1 Å². The number of nitro benzene ring substituents is 1. The molecule has 1 aromatic carbocycles. The Morgan fingerprint density at radius 3 is 2.79 bits per heavy atom. The molecule has 0 radical (unpaired) electrons. The van der Waals surface area contributed by atoms with Crippen LogP contribution in [0.3, 0.4) is 0 Å². The summed E-state index contributed by atoms with van der Waals surface area (Å²) in [5.74, 6) is 0.209. The summed E-state index contributed by atoms with van der Waals surface area (Å²) < 4.78 is 4.86. The van der Waals surface area contributed by atoms with Crippen LogP contribution in [0, 0.1) is 10.1 Å². The molecule has 0 heterocycles. The van der Waals surface area contributed by atoms with E-state index in [1.807, 2.05) is 0 Å². The smallest absolute Gasteiger partial charge is 0.295 e. The summed E-state index contributed by atoms with van der Waals surface area (Å²) in [6, 6.07) is 3.98. The van der Waals surface area contributed by atoms with E-state index in [0.717, 1.165) is 0 Å². The van der Waals surface area contributed by atoms with E-state index in [1.54, 1.807) is 0 Å². The van der Waals surface area contributed by atoms with E-state index in [-0.39, 0.29) is 17.1 Å². The van der Waals surface area contributed by atoms with E-state index in [9.17, 15) is 10.1 Å². The maximum Gasteiger partial charge on any atom is 0.295 e. The zero-order chi connectivity index (χ0) is 10.7. The van der Waals surface area contributed by atoms with E-state index in [4.69, 9.17) is 15.6 Å². The minimum Gasteiger partial charge on any atom is -0.465 e. The Labute approximate surface area is 80.1 Å². The highest BCUT2D eigenvalue weighted by Crippen LogP contribution is 2.26. The Kier molecular flexibility index (Phi) is 2.88. The van der Waals surface area contributed by atoms with Crippen LogP contribution in [0.25, 0.3) is 0 Å². The van der Waals surface area contributed by atoms with Crippen molar-refractivity contribution in [3.63, 3.8) is 0 Å². The van der Waals surface area contributed by atoms with Gasteiger partial charge >= 0.3 is 0 Å². The fourth-order valence-corrected chi connectivity index (χ4v) is 0.952. The second-order valence-corrected chi connectivity index (χ2v) is 2.69. The van der Waals surface area contributed by atoms with Crippen LogP contribution >= 0.6 is 0 Å². The highest BCUT2D eigenvalue weighted by molar-refractivity contribution is 5.60. The van der Waals surface area contributed by atoms with Crippen LogP contribution in [0.1, 0.15) is 6.92 Å². The number of hydrogen-bond donors (Lipinski definition) is 2. The normalized spacial score (nSPS) is 12.1. The van der Waals surface area contributed by atoms with E-state index in [0.29, 0.717) is 0 Å². The number of nitro groups is 1. The summed E-state index contributed by atoms with van der Waals surface area (Å²) in [7, 11) is 0. The number of aliphatic hydroxyl groups excluding tert-OH is 1. The molecule has 0 aliphatic carbocycles. The van der Waals surface area contributed by atoms with Crippen molar-refractivity contribution in [1.82, 2.24) is 0 Å². The molecule has 0 aromatic heterocycles. The summed E-state index contributed by atoms with van der Waals surface area (Å²) in [5, 5.41) is 19.3. The van der Waals surface area contributed by atoms with Gasteiger partial charge in [-0.2, -0.15) is 0 Å². The Morgan fingerprint density at radius 2 is 2.29 bits per heavy atom. The Hall–Kier alpha value is -1.82. The minimum absolute atomic E-state index is 0.0629. The molecule has 0 amide bonds. The molecule has 6 nitrogen and oxygen atoms in total. The van der Waals surface area contributed by atoms with Crippen LogP contribution < -0.4 is 10.5 Å². The van der Waals surface area contributed by atoms with Crippen LogP contribution in [0.2, 0.25) is 0 Å². The topological polar surface area (TPSA) is 98.6 Å². The summed E-state index contributed by atoms with van der Waals surface area (Å²) in [5.41, 5.74) is 5.19. The fraction of sp³-hybridized carbons (Fsp3) is 0.250. The monoisotopic (exact) mass is 198 g/mol. The molecular weight excluding hydrogens is 188 g/mol. The molecule has 0 aliphatic rings. The van der Waals surface area contributed by atoms with E-state index < -0.39 is 11.2 Å². The third-order valence-corrected chi connectivity index (χ3v) is 1.51. The van der Waals surface area contributed by atoms with Crippen molar-refractivity contribution >= 4 is 11.4 Å². The van der Waals surface area contributed by atoms with Crippen molar-refractivity contribution in [3.8, 4) is 5.75 Å². The number of nitrogens with zero attached hydrogens (tertiary/aromatic N) is 1. The van der Waals surface area contributed by atoms with Gasteiger partial charge in [0.05, 0.1) is 11.0 Å². The van der Waals surface area contributed by atoms with Crippen molar-refractivity contribution in [3.05, 3.63) is 28.3 Å². The summed E-state index contributed by atoms with van der Waals surface area (Å²) in [4.78, 5) is 9.86. The molecule has 3 N–H and O–H groups in total. The average molecular weight is 198 g/mol. The lowest BCUT2D eigenvalue weighted by atomic mass is 10.2. The van der Waals surface area contributed by atoms with Gasteiger partial charge in [-0.15, -0.1) is 0 Å². The summed E-state index contributed by atoms with van der Waals surface area (Å²) in [6.45, 7) is 1.40. The van der Waals surface area contributed by atoms with Crippen molar-refractivity contribution in [2.45, 2.75) is 13.2 Å². The lowest BCUT2D eigenvalue weighted by Gasteiger charge is -2.08. The first-order valence-electron chi connectivity index (χ1n) is 3.89. The molecule has 1 rings (SSSR count).